The number of thioether (sulfide) groups is 1. The molecule has 1 amide bonds. The molecule has 19 heavy (non-hydrogen) atoms. The van der Waals surface area contributed by atoms with Crippen LogP contribution in [0.3, 0.4) is 0 Å². The summed E-state index contributed by atoms with van der Waals surface area (Å²) < 4.78 is 0. The summed E-state index contributed by atoms with van der Waals surface area (Å²) >= 11 is 1.09. The maximum Gasteiger partial charge on any atom is 0.316 e. The quantitative estimate of drug-likeness (QED) is 0.831. The second kappa shape index (κ2) is 7.44. The average molecular weight is 278 g/mol. The molecule has 0 aromatic heterocycles. The number of aliphatic carboxylic acids is 1. The number of nitriles is 1. The molecule has 0 aliphatic heterocycles. The van der Waals surface area contributed by atoms with E-state index in [1.165, 1.54) is 0 Å². The van der Waals surface area contributed by atoms with Gasteiger partial charge in [0.05, 0.1) is 17.4 Å². The smallest absolute Gasteiger partial charge is 0.316 e. The van der Waals surface area contributed by atoms with Crippen LogP contribution in [-0.4, -0.2) is 28.0 Å². The van der Waals surface area contributed by atoms with Crippen molar-refractivity contribution in [2.24, 2.45) is 0 Å². The van der Waals surface area contributed by atoms with Gasteiger partial charge in [-0.15, -0.1) is 11.8 Å². The van der Waals surface area contributed by atoms with Gasteiger partial charge in [-0.05, 0) is 24.6 Å². The largest absolute Gasteiger partial charge is 0.480 e. The molecule has 0 bridgehead atoms. The Labute approximate surface area is 115 Å². The van der Waals surface area contributed by atoms with Crippen LogP contribution < -0.4 is 5.32 Å². The third kappa shape index (κ3) is 5.02. The van der Waals surface area contributed by atoms with Crippen molar-refractivity contribution in [3.05, 3.63) is 29.8 Å². The predicted octanol–water partition coefficient (Wildman–Crippen LogP) is 2.09. The first kappa shape index (κ1) is 15.1. The summed E-state index contributed by atoms with van der Waals surface area (Å²) in [6.45, 7) is 1.76. The Hall–Kier alpha value is -2.00. The van der Waals surface area contributed by atoms with Crippen molar-refractivity contribution in [3.8, 4) is 6.07 Å². The number of amides is 1. The van der Waals surface area contributed by atoms with Crippen molar-refractivity contribution < 1.29 is 14.7 Å². The van der Waals surface area contributed by atoms with E-state index in [2.05, 4.69) is 5.32 Å². The van der Waals surface area contributed by atoms with Gasteiger partial charge in [0.2, 0.25) is 5.91 Å². The zero-order chi connectivity index (χ0) is 14.3. The standard InChI is InChI=1S/C13H14N2O3S/c1-2-11(13(17)18)19-8-12(16)15-10-5-3-4-9(6-10)7-14/h3-6,11H,2,8H2,1H3,(H,15,16)(H,17,18). The molecule has 1 aromatic rings. The molecule has 0 spiro atoms. The maximum absolute atomic E-state index is 11.6. The number of hydrogen-bond donors (Lipinski definition) is 2. The molecule has 1 aromatic carbocycles. The fraction of sp³-hybridized carbons (Fsp3) is 0.308. The molecule has 0 aliphatic rings. The van der Waals surface area contributed by atoms with Crippen LogP contribution in [0, 0.1) is 11.3 Å². The summed E-state index contributed by atoms with van der Waals surface area (Å²) in [6.07, 6.45) is 0.469. The third-order valence-corrected chi connectivity index (χ3v) is 3.70. The van der Waals surface area contributed by atoms with Gasteiger partial charge in [-0.25, -0.2) is 0 Å². The lowest BCUT2D eigenvalue weighted by atomic mass is 10.2. The van der Waals surface area contributed by atoms with Gasteiger partial charge in [0.25, 0.3) is 0 Å². The molecule has 100 valence electrons. The summed E-state index contributed by atoms with van der Waals surface area (Å²) in [5, 5.41) is 19.6. The number of carboxylic acid groups (broad SMARTS) is 1. The number of benzene rings is 1. The normalized spacial score (nSPS) is 11.4. The minimum absolute atomic E-state index is 0.0710. The number of nitrogens with zero attached hydrogens (tertiary/aromatic N) is 1. The van der Waals surface area contributed by atoms with Crippen LogP contribution in [0.2, 0.25) is 0 Å². The van der Waals surface area contributed by atoms with Gasteiger partial charge >= 0.3 is 5.97 Å². The van der Waals surface area contributed by atoms with Gasteiger partial charge in [-0.1, -0.05) is 13.0 Å². The maximum atomic E-state index is 11.6. The molecule has 6 heteroatoms. The van der Waals surface area contributed by atoms with Crippen LogP contribution in [0.4, 0.5) is 5.69 Å². The molecule has 0 heterocycles. The lowest BCUT2D eigenvalue weighted by molar-refractivity contribution is -0.136. The van der Waals surface area contributed by atoms with E-state index < -0.39 is 11.2 Å². The predicted molar refractivity (Wildman–Crippen MR) is 74.0 cm³/mol. The fourth-order valence-electron chi connectivity index (χ4n) is 1.40. The van der Waals surface area contributed by atoms with E-state index in [1.54, 1.807) is 31.2 Å². The van der Waals surface area contributed by atoms with Gasteiger partial charge in [0.15, 0.2) is 0 Å². The highest BCUT2D eigenvalue weighted by molar-refractivity contribution is 8.01. The summed E-state index contributed by atoms with van der Waals surface area (Å²) in [7, 11) is 0. The topological polar surface area (TPSA) is 90.2 Å². The molecule has 0 fully saturated rings. The van der Waals surface area contributed by atoms with Crippen LogP contribution in [0.15, 0.2) is 24.3 Å². The van der Waals surface area contributed by atoms with Crippen molar-refractivity contribution in [3.63, 3.8) is 0 Å². The van der Waals surface area contributed by atoms with E-state index in [4.69, 9.17) is 10.4 Å². The zero-order valence-electron chi connectivity index (χ0n) is 10.4. The average Bonchev–Trinajstić information content (AvgIpc) is 2.39. The van der Waals surface area contributed by atoms with Gasteiger partial charge < -0.3 is 10.4 Å². The molecule has 1 unspecified atom stereocenters. The number of carbonyl (C=O) groups is 2. The third-order valence-electron chi connectivity index (χ3n) is 2.34. The Kier molecular flexibility index (Phi) is 5.90. The van der Waals surface area contributed by atoms with Crippen LogP contribution in [0.1, 0.15) is 18.9 Å². The number of carbonyl (C=O) groups excluding carboxylic acids is 1. The molecule has 2 N–H and O–H groups in total. The summed E-state index contributed by atoms with van der Waals surface area (Å²) in [5.41, 5.74) is 0.996. The molecule has 1 atom stereocenters. The molecule has 0 saturated carbocycles. The first-order valence-corrected chi connectivity index (χ1v) is 6.76. The second-order valence-electron chi connectivity index (χ2n) is 3.79. The Bertz CT molecular complexity index is 511. The molecule has 1 rings (SSSR count). The number of nitrogens with one attached hydrogen (secondary N) is 1. The molecule has 5 nitrogen and oxygen atoms in total. The molecular formula is C13H14N2O3S. The van der Waals surface area contributed by atoms with E-state index >= 15 is 0 Å². The molecule has 0 saturated heterocycles. The van der Waals surface area contributed by atoms with Crippen LogP contribution >= 0.6 is 11.8 Å². The van der Waals surface area contributed by atoms with Crippen LogP contribution in [0.5, 0.6) is 0 Å². The van der Waals surface area contributed by atoms with E-state index in [-0.39, 0.29) is 11.7 Å². The summed E-state index contributed by atoms with van der Waals surface area (Å²) in [5.74, 6) is -1.12. The number of hydrogen-bond acceptors (Lipinski definition) is 4. The van der Waals surface area contributed by atoms with Crippen molar-refractivity contribution in [2.75, 3.05) is 11.1 Å². The number of rotatable bonds is 6. The Balaban J connectivity index is 2.51. The Morgan fingerprint density at radius 1 is 1.53 bits per heavy atom. The van der Waals surface area contributed by atoms with Crippen molar-refractivity contribution in [1.29, 1.82) is 5.26 Å². The van der Waals surface area contributed by atoms with Gasteiger partial charge in [0, 0.05) is 5.69 Å². The van der Waals surface area contributed by atoms with Crippen LogP contribution in [0.25, 0.3) is 0 Å². The highest BCUT2D eigenvalue weighted by atomic mass is 32.2. The van der Waals surface area contributed by atoms with Crippen molar-refractivity contribution in [2.45, 2.75) is 18.6 Å². The highest BCUT2D eigenvalue weighted by Gasteiger charge is 2.17. The number of carboxylic acids is 1. The highest BCUT2D eigenvalue weighted by Crippen LogP contribution is 2.16. The Morgan fingerprint density at radius 2 is 2.26 bits per heavy atom. The van der Waals surface area contributed by atoms with E-state index in [0.717, 1.165) is 11.8 Å². The lowest BCUT2D eigenvalue weighted by Gasteiger charge is -2.09. The van der Waals surface area contributed by atoms with E-state index in [9.17, 15) is 9.59 Å². The monoisotopic (exact) mass is 278 g/mol. The minimum atomic E-state index is -0.910. The van der Waals surface area contributed by atoms with E-state index in [0.29, 0.717) is 17.7 Å². The zero-order valence-corrected chi connectivity index (χ0v) is 11.2. The summed E-state index contributed by atoms with van der Waals surface area (Å²) in [6, 6.07) is 8.54. The number of anilines is 1. The van der Waals surface area contributed by atoms with E-state index in [1.807, 2.05) is 6.07 Å². The molecule has 0 radical (unpaired) electrons. The minimum Gasteiger partial charge on any atom is -0.480 e. The second-order valence-corrected chi connectivity index (χ2v) is 4.98. The molecular weight excluding hydrogens is 264 g/mol. The molecule has 0 aliphatic carbocycles. The van der Waals surface area contributed by atoms with Gasteiger partial charge in [0.1, 0.15) is 5.25 Å². The van der Waals surface area contributed by atoms with Crippen molar-refractivity contribution >= 4 is 29.3 Å². The fourth-order valence-corrected chi connectivity index (χ4v) is 2.21. The summed E-state index contributed by atoms with van der Waals surface area (Å²) in [4.78, 5) is 22.4. The Morgan fingerprint density at radius 3 is 2.84 bits per heavy atom. The van der Waals surface area contributed by atoms with Crippen LogP contribution in [-0.2, 0) is 9.59 Å². The first-order valence-electron chi connectivity index (χ1n) is 5.71. The first-order chi connectivity index (χ1) is 9.06. The van der Waals surface area contributed by atoms with Gasteiger partial charge in [-0.3, -0.25) is 9.59 Å². The lowest BCUT2D eigenvalue weighted by Crippen LogP contribution is -2.20. The SMILES string of the molecule is CCC(SCC(=O)Nc1cccc(C#N)c1)C(=O)O. The van der Waals surface area contributed by atoms with Gasteiger partial charge in [-0.2, -0.15) is 5.26 Å². The van der Waals surface area contributed by atoms with Crippen molar-refractivity contribution in [1.82, 2.24) is 0 Å².